The van der Waals surface area contributed by atoms with Crippen LogP contribution in [0.4, 0.5) is 0 Å². The van der Waals surface area contributed by atoms with Crippen LogP contribution < -0.4 is 5.56 Å². The van der Waals surface area contributed by atoms with Crippen molar-refractivity contribution in [3.8, 4) is 0 Å². The van der Waals surface area contributed by atoms with E-state index in [-0.39, 0.29) is 5.56 Å². The summed E-state index contributed by atoms with van der Waals surface area (Å²) in [6, 6.07) is 4.00. The summed E-state index contributed by atoms with van der Waals surface area (Å²) in [5.74, 6) is 0.847. The summed E-state index contributed by atoms with van der Waals surface area (Å²) >= 11 is 1.64. The van der Waals surface area contributed by atoms with Gasteiger partial charge in [0.1, 0.15) is 0 Å². The van der Waals surface area contributed by atoms with E-state index in [1.54, 1.807) is 11.3 Å². The third-order valence-corrected chi connectivity index (χ3v) is 4.73. The van der Waals surface area contributed by atoms with Crippen LogP contribution in [0.2, 0.25) is 0 Å². The van der Waals surface area contributed by atoms with Crippen LogP contribution in [0.5, 0.6) is 0 Å². The zero-order chi connectivity index (χ0) is 11.7. The number of aryl methyl sites for hydroxylation is 1. The quantitative estimate of drug-likeness (QED) is 0.811. The molecular formula is C14H17NOS. The molecule has 0 radical (unpaired) electrons. The molecule has 0 amide bonds. The highest BCUT2D eigenvalue weighted by Crippen LogP contribution is 2.27. The maximum Gasteiger partial charge on any atom is 0.259 e. The first kappa shape index (κ1) is 11.0. The molecule has 0 unspecified atom stereocenters. The Morgan fingerprint density at radius 2 is 2.12 bits per heavy atom. The lowest BCUT2D eigenvalue weighted by molar-refractivity contribution is 0.454. The van der Waals surface area contributed by atoms with E-state index in [0.29, 0.717) is 0 Å². The van der Waals surface area contributed by atoms with Crippen LogP contribution in [0.25, 0.3) is 10.1 Å². The van der Waals surface area contributed by atoms with Crippen LogP contribution in [0.3, 0.4) is 0 Å². The second kappa shape index (κ2) is 4.65. The predicted molar refractivity (Wildman–Crippen MR) is 72.7 cm³/mol. The van der Waals surface area contributed by atoms with Crippen molar-refractivity contribution in [1.29, 1.82) is 0 Å². The molecule has 1 saturated carbocycles. The fourth-order valence-corrected chi connectivity index (χ4v) is 3.58. The molecule has 0 aliphatic heterocycles. The lowest BCUT2D eigenvalue weighted by Gasteiger charge is -2.10. The minimum atomic E-state index is 0.182. The fraction of sp³-hybridized carbons (Fsp3) is 0.500. The van der Waals surface area contributed by atoms with Crippen LogP contribution >= 0.6 is 11.3 Å². The lowest BCUT2D eigenvalue weighted by Crippen LogP contribution is -2.19. The van der Waals surface area contributed by atoms with E-state index in [1.807, 2.05) is 22.2 Å². The van der Waals surface area contributed by atoms with Crippen molar-refractivity contribution < 1.29 is 0 Å². The largest absolute Gasteiger partial charge is 0.315 e. The minimum Gasteiger partial charge on any atom is -0.315 e. The van der Waals surface area contributed by atoms with E-state index >= 15 is 0 Å². The Morgan fingerprint density at radius 3 is 2.94 bits per heavy atom. The van der Waals surface area contributed by atoms with Crippen molar-refractivity contribution in [2.75, 3.05) is 0 Å². The molecule has 17 heavy (non-hydrogen) atoms. The standard InChI is InChI=1S/C14H17NOS/c16-14-12-7-10-17-13(12)6-9-15(14)8-5-11-3-1-2-4-11/h6-7,9-11H,1-5,8H2. The molecular weight excluding hydrogens is 230 g/mol. The van der Waals surface area contributed by atoms with E-state index in [2.05, 4.69) is 6.07 Å². The highest BCUT2D eigenvalue weighted by Gasteiger charge is 2.15. The molecule has 2 heterocycles. The van der Waals surface area contributed by atoms with Gasteiger partial charge >= 0.3 is 0 Å². The van der Waals surface area contributed by atoms with Gasteiger partial charge in [-0.05, 0) is 29.9 Å². The van der Waals surface area contributed by atoms with Gasteiger partial charge in [-0.1, -0.05) is 25.7 Å². The van der Waals surface area contributed by atoms with E-state index < -0.39 is 0 Å². The van der Waals surface area contributed by atoms with Crippen molar-refractivity contribution in [2.24, 2.45) is 5.92 Å². The van der Waals surface area contributed by atoms with Crippen molar-refractivity contribution in [3.63, 3.8) is 0 Å². The van der Waals surface area contributed by atoms with Gasteiger partial charge in [0.15, 0.2) is 0 Å². The number of thiophene rings is 1. The Kier molecular flexibility index (Phi) is 3.02. The van der Waals surface area contributed by atoms with E-state index in [4.69, 9.17) is 0 Å². The number of nitrogens with zero attached hydrogens (tertiary/aromatic N) is 1. The van der Waals surface area contributed by atoms with Crippen LogP contribution in [0, 0.1) is 5.92 Å². The molecule has 1 fully saturated rings. The summed E-state index contributed by atoms with van der Waals surface area (Å²) in [5.41, 5.74) is 0.182. The molecule has 1 aliphatic rings. The van der Waals surface area contributed by atoms with Crippen LogP contribution in [-0.4, -0.2) is 4.57 Å². The molecule has 2 nitrogen and oxygen atoms in total. The van der Waals surface area contributed by atoms with Gasteiger partial charge in [0.2, 0.25) is 0 Å². The summed E-state index contributed by atoms with van der Waals surface area (Å²) in [6.45, 7) is 0.884. The molecule has 3 heteroatoms. The van der Waals surface area contributed by atoms with Gasteiger partial charge in [0.25, 0.3) is 5.56 Å². The van der Waals surface area contributed by atoms with Crippen LogP contribution in [0.1, 0.15) is 32.1 Å². The maximum absolute atomic E-state index is 12.2. The van der Waals surface area contributed by atoms with Gasteiger partial charge in [0, 0.05) is 17.4 Å². The van der Waals surface area contributed by atoms with Gasteiger partial charge in [-0.25, -0.2) is 0 Å². The monoisotopic (exact) mass is 247 g/mol. The molecule has 0 N–H and O–H groups in total. The highest BCUT2D eigenvalue weighted by atomic mass is 32.1. The number of hydrogen-bond donors (Lipinski definition) is 0. The van der Waals surface area contributed by atoms with E-state index in [9.17, 15) is 4.79 Å². The lowest BCUT2D eigenvalue weighted by atomic mass is 10.0. The zero-order valence-electron chi connectivity index (χ0n) is 9.89. The van der Waals surface area contributed by atoms with Crippen molar-refractivity contribution in [1.82, 2.24) is 4.57 Å². The third-order valence-electron chi connectivity index (χ3n) is 3.85. The molecule has 1 aliphatic carbocycles. The zero-order valence-corrected chi connectivity index (χ0v) is 10.7. The summed E-state index contributed by atoms with van der Waals surface area (Å²) in [6.07, 6.45) is 8.59. The highest BCUT2D eigenvalue weighted by molar-refractivity contribution is 7.17. The topological polar surface area (TPSA) is 22.0 Å². The smallest absolute Gasteiger partial charge is 0.259 e. The van der Waals surface area contributed by atoms with Crippen molar-refractivity contribution in [2.45, 2.75) is 38.6 Å². The molecule has 90 valence electrons. The Hall–Kier alpha value is -1.09. The Morgan fingerprint density at radius 1 is 1.29 bits per heavy atom. The Labute approximate surface area is 105 Å². The van der Waals surface area contributed by atoms with Gasteiger partial charge in [0.05, 0.1) is 5.39 Å². The maximum atomic E-state index is 12.2. The molecule has 0 aromatic carbocycles. The number of hydrogen-bond acceptors (Lipinski definition) is 2. The Bertz CT molecular complexity index is 563. The first-order valence-corrected chi connectivity index (χ1v) is 7.29. The SMILES string of the molecule is O=c1c2ccsc2ccn1CCC1CCCC1. The van der Waals surface area contributed by atoms with Crippen LogP contribution in [-0.2, 0) is 6.54 Å². The number of fused-ring (bicyclic) bond motifs is 1. The van der Waals surface area contributed by atoms with Gasteiger partial charge in [-0.2, -0.15) is 0 Å². The summed E-state index contributed by atoms with van der Waals surface area (Å²) in [7, 11) is 0. The molecule has 3 rings (SSSR count). The molecule has 0 bridgehead atoms. The van der Waals surface area contributed by atoms with Crippen molar-refractivity contribution in [3.05, 3.63) is 34.1 Å². The number of aromatic nitrogens is 1. The normalized spacial score (nSPS) is 16.9. The third kappa shape index (κ3) is 2.16. The predicted octanol–water partition coefficient (Wildman–Crippen LogP) is 3.64. The minimum absolute atomic E-state index is 0.182. The second-order valence-corrected chi connectivity index (χ2v) is 5.90. The average molecular weight is 247 g/mol. The Balaban J connectivity index is 1.80. The number of rotatable bonds is 3. The van der Waals surface area contributed by atoms with Gasteiger partial charge in [-0.3, -0.25) is 4.79 Å². The number of pyridine rings is 1. The van der Waals surface area contributed by atoms with Gasteiger partial charge < -0.3 is 4.57 Å². The van der Waals surface area contributed by atoms with Crippen LogP contribution in [0.15, 0.2) is 28.5 Å². The summed E-state index contributed by atoms with van der Waals surface area (Å²) < 4.78 is 2.99. The summed E-state index contributed by atoms with van der Waals surface area (Å²) in [4.78, 5) is 12.2. The fourth-order valence-electron chi connectivity index (χ4n) is 2.80. The molecule has 0 atom stereocenters. The van der Waals surface area contributed by atoms with Crippen molar-refractivity contribution >= 4 is 21.4 Å². The molecule has 0 spiro atoms. The summed E-state index contributed by atoms with van der Waals surface area (Å²) in [5, 5.41) is 2.87. The first-order chi connectivity index (χ1) is 8.34. The molecule has 2 aromatic heterocycles. The molecule has 0 saturated heterocycles. The van der Waals surface area contributed by atoms with Gasteiger partial charge in [-0.15, -0.1) is 11.3 Å². The molecule has 2 aromatic rings. The van der Waals surface area contributed by atoms with E-state index in [0.717, 1.165) is 29.0 Å². The van der Waals surface area contributed by atoms with E-state index in [1.165, 1.54) is 25.7 Å². The average Bonchev–Trinajstić information content (AvgIpc) is 2.99. The first-order valence-electron chi connectivity index (χ1n) is 6.41. The second-order valence-electron chi connectivity index (χ2n) is 4.95.